The zero-order valence-electron chi connectivity index (χ0n) is 18.8. The number of carbonyl (C=O) groups excluding carboxylic acids is 2. The van der Waals surface area contributed by atoms with Crippen LogP contribution in [-0.4, -0.2) is 40.7 Å². The van der Waals surface area contributed by atoms with E-state index in [-0.39, 0.29) is 29.7 Å². The molecule has 1 heterocycles. The number of carboxylic acid groups (broad SMARTS) is 1. The van der Waals surface area contributed by atoms with Gasteiger partial charge in [0.25, 0.3) is 0 Å². The smallest absolute Gasteiger partial charge is 0.407 e. The van der Waals surface area contributed by atoms with E-state index in [0.717, 1.165) is 22.3 Å². The summed E-state index contributed by atoms with van der Waals surface area (Å²) in [5, 5.41) is 14.4. The monoisotopic (exact) mass is 459 g/mol. The van der Waals surface area contributed by atoms with E-state index in [1.807, 2.05) is 36.4 Å². The molecule has 1 atom stereocenters. The molecule has 3 aromatic rings. The second-order valence-electron chi connectivity index (χ2n) is 8.45. The summed E-state index contributed by atoms with van der Waals surface area (Å²) in [6.07, 6.45) is 1.83. The maximum atomic E-state index is 12.8. The Hall–Kier alpha value is -4.20. The topological polar surface area (TPSA) is 118 Å². The van der Waals surface area contributed by atoms with Gasteiger partial charge in [0.1, 0.15) is 12.6 Å². The van der Waals surface area contributed by atoms with Crippen molar-refractivity contribution >= 4 is 23.7 Å². The zero-order valence-corrected chi connectivity index (χ0v) is 18.8. The molecule has 1 aliphatic carbocycles. The third kappa shape index (κ3) is 4.76. The van der Waals surface area contributed by atoms with Crippen LogP contribution in [0.25, 0.3) is 11.1 Å². The van der Waals surface area contributed by atoms with Crippen LogP contribution < -0.4 is 10.6 Å². The quantitative estimate of drug-likeness (QED) is 0.485. The van der Waals surface area contributed by atoms with Gasteiger partial charge < -0.3 is 20.5 Å². The van der Waals surface area contributed by atoms with E-state index in [2.05, 4.69) is 27.8 Å². The van der Waals surface area contributed by atoms with Crippen LogP contribution in [0.1, 0.15) is 41.3 Å². The first-order chi connectivity index (χ1) is 16.3. The first-order valence-corrected chi connectivity index (χ1v) is 11.0. The van der Waals surface area contributed by atoms with Gasteiger partial charge in [-0.2, -0.15) is 0 Å². The molecule has 1 aromatic heterocycles. The Balaban J connectivity index is 1.42. The highest BCUT2D eigenvalue weighted by Gasteiger charge is 2.30. The van der Waals surface area contributed by atoms with Crippen molar-refractivity contribution in [3.8, 4) is 11.1 Å². The number of carboxylic acids is 1. The minimum atomic E-state index is -1.15. The van der Waals surface area contributed by atoms with Crippen molar-refractivity contribution < 1.29 is 24.2 Å². The van der Waals surface area contributed by atoms with Gasteiger partial charge in [0.15, 0.2) is 0 Å². The molecule has 34 heavy (non-hydrogen) atoms. The Bertz CT molecular complexity index is 1190. The number of aromatic nitrogens is 1. The van der Waals surface area contributed by atoms with Crippen molar-refractivity contribution in [1.82, 2.24) is 10.3 Å². The van der Waals surface area contributed by atoms with Gasteiger partial charge in [-0.05, 0) is 34.2 Å². The SMILES string of the molecule is CC(C)[C@H](NC(=O)OCC1c2ccccc2-c2ccccc21)C(=O)Nc1cncc(C(=O)O)c1. The Kier molecular flexibility index (Phi) is 6.58. The number of aromatic carboxylic acids is 1. The highest BCUT2D eigenvalue weighted by atomic mass is 16.5. The first kappa shape index (κ1) is 23.0. The lowest BCUT2D eigenvalue weighted by atomic mass is 9.98. The highest BCUT2D eigenvalue weighted by Crippen LogP contribution is 2.44. The maximum absolute atomic E-state index is 12.8. The van der Waals surface area contributed by atoms with Gasteiger partial charge >= 0.3 is 12.1 Å². The lowest BCUT2D eigenvalue weighted by Gasteiger charge is -2.22. The number of hydrogen-bond acceptors (Lipinski definition) is 5. The molecule has 0 unspecified atom stereocenters. The largest absolute Gasteiger partial charge is 0.478 e. The number of benzene rings is 2. The molecule has 4 rings (SSSR count). The maximum Gasteiger partial charge on any atom is 0.407 e. The Labute approximate surface area is 197 Å². The molecule has 0 fully saturated rings. The van der Waals surface area contributed by atoms with E-state index >= 15 is 0 Å². The van der Waals surface area contributed by atoms with Crippen LogP contribution in [0, 0.1) is 5.92 Å². The predicted octanol–water partition coefficient (Wildman–Crippen LogP) is 4.28. The number of fused-ring (bicyclic) bond motifs is 3. The van der Waals surface area contributed by atoms with Crippen molar-refractivity contribution in [2.24, 2.45) is 5.92 Å². The number of amides is 2. The standard InChI is InChI=1S/C26H25N3O5/c1-15(2)23(24(30)28-17-11-16(25(31)32)12-27-13-17)29-26(33)34-14-22-20-9-5-3-7-18(20)19-8-4-6-10-21(19)22/h3-13,15,22-23H,14H2,1-2H3,(H,28,30)(H,29,33)(H,31,32)/t23-/m0/s1. The minimum absolute atomic E-state index is 0.0524. The normalized spacial score (nSPS) is 13.0. The van der Waals surface area contributed by atoms with Crippen molar-refractivity contribution in [2.75, 3.05) is 11.9 Å². The summed E-state index contributed by atoms with van der Waals surface area (Å²) < 4.78 is 5.55. The molecule has 0 radical (unpaired) electrons. The van der Waals surface area contributed by atoms with Gasteiger partial charge in [-0.3, -0.25) is 9.78 Å². The van der Waals surface area contributed by atoms with Crippen LogP contribution in [0.15, 0.2) is 67.0 Å². The second kappa shape index (κ2) is 9.74. The van der Waals surface area contributed by atoms with Crippen molar-refractivity contribution in [3.05, 3.63) is 83.7 Å². The summed E-state index contributed by atoms with van der Waals surface area (Å²) in [5.41, 5.74) is 4.63. The molecule has 3 N–H and O–H groups in total. The summed E-state index contributed by atoms with van der Waals surface area (Å²) >= 11 is 0. The fraction of sp³-hybridized carbons (Fsp3) is 0.231. The van der Waals surface area contributed by atoms with E-state index in [9.17, 15) is 14.4 Å². The van der Waals surface area contributed by atoms with Gasteiger partial charge in [-0.1, -0.05) is 62.4 Å². The molecule has 2 amide bonds. The van der Waals surface area contributed by atoms with Crippen LogP contribution in [0.4, 0.5) is 10.5 Å². The molecule has 8 heteroatoms. The summed E-state index contributed by atoms with van der Waals surface area (Å²) in [6, 6.07) is 16.5. The third-order valence-corrected chi connectivity index (χ3v) is 5.82. The van der Waals surface area contributed by atoms with Gasteiger partial charge in [0, 0.05) is 12.1 Å². The van der Waals surface area contributed by atoms with E-state index in [4.69, 9.17) is 9.84 Å². The number of carbonyl (C=O) groups is 3. The summed E-state index contributed by atoms with van der Waals surface area (Å²) in [4.78, 5) is 40.4. The van der Waals surface area contributed by atoms with Crippen molar-refractivity contribution in [3.63, 3.8) is 0 Å². The fourth-order valence-electron chi connectivity index (χ4n) is 4.15. The Morgan fingerprint density at radius 3 is 2.21 bits per heavy atom. The fourth-order valence-corrected chi connectivity index (χ4v) is 4.15. The number of rotatable bonds is 7. The zero-order chi connectivity index (χ0) is 24.2. The molecule has 0 saturated carbocycles. The molecule has 2 aromatic carbocycles. The van der Waals surface area contributed by atoms with Crippen LogP contribution in [-0.2, 0) is 9.53 Å². The average Bonchev–Trinajstić information content (AvgIpc) is 3.15. The number of nitrogens with one attached hydrogen (secondary N) is 2. The Morgan fingerprint density at radius 2 is 1.62 bits per heavy atom. The van der Waals surface area contributed by atoms with Gasteiger partial charge in [0.2, 0.25) is 5.91 Å². The van der Waals surface area contributed by atoms with Crippen LogP contribution in [0.3, 0.4) is 0 Å². The van der Waals surface area contributed by atoms with E-state index in [0.29, 0.717) is 0 Å². The predicted molar refractivity (Wildman–Crippen MR) is 127 cm³/mol. The molecule has 8 nitrogen and oxygen atoms in total. The minimum Gasteiger partial charge on any atom is -0.478 e. The Morgan fingerprint density at radius 1 is 1.00 bits per heavy atom. The summed E-state index contributed by atoms with van der Waals surface area (Å²) in [5.74, 6) is -1.97. The van der Waals surface area contributed by atoms with Gasteiger partial charge in [-0.25, -0.2) is 9.59 Å². The van der Waals surface area contributed by atoms with Crippen molar-refractivity contribution in [2.45, 2.75) is 25.8 Å². The highest BCUT2D eigenvalue weighted by molar-refractivity contribution is 5.97. The number of alkyl carbamates (subject to hydrolysis) is 1. The molecular formula is C26H25N3O5. The lowest BCUT2D eigenvalue weighted by Crippen LogP contribution is -2.47. The summed E-state index contributed by atoms with van der Waals surface area (Å²) in [7, 11) is 0. The molecule has 0 aliphatic heterocycles. The number of pyridine rings is 1. The van der Waals surface area contributed by atoms with Gasteiger partial charge in [0.05, 0.1) is 17.4 Å². The number of ether oxygens (including phenoxy) is 1. The van der Waals surface area contributed by atoms with E-state index < -0.39 is 24.0 Å². The molecular weight excluding hydrogens is 434 g/mol. The van der Waals surface area contributed by atoms with E-state index in [1.165, 1.54) is 18.5 Å². The number of nitrogens with zero attached hydrogens (tertiary/aromatic N) is 1. The third-order valence-electron chi connectivity index (χ3n) is 5.82. The average molecular weight is 460 g/mol. The van der Waals surface area contributed by atoms with Gasteiger partial charge in [-0.15, -0.1) is 0 Å². The number of hydrogen-bond donors (Lipinski definition) is 3. The second-order valence-corrected chi connectivity index (χ2v) is 8.45. The lowest BCUT2D eigenvalue weighted by molar-refractivity contribution is -0.119. The molecule has 0 bridgehead atoms. The molecule has 174 valence electrons. The molecule has 0 spiro atoms. The molecule has 1 aliphatic rings. The summed E-state index contributed by atoms with van der Waals surface area (Å²) in [6.45, 7) is 3.72. The van der Waals surface area contributed by atoms with Crippen LogP contribution in [0.2, 0.25) is 0 Å². The van der Waals surface area contributed by atoms with Crippen LogP contribution in [0.5, 0.6) is 0 Å². The molecule has 0 saturated heterocycles. The number of anilines is 1. The first-order valence-electron chi connectivity index (χ1n) is 11.0. The van der Waals surface area contributed by atoms with Crippen LogP contribution >= 0.6 is 0 Å². The van der Waals surface area contributed by atoms with Crippen molar-refractivity contribution in [1.29, 1.82) is 0 Å². The van der Waals surface area contributed by atoms with E-state index in [1.54, 1.807) is 13.8 Å².